The van der Waals surface area contributed by atoms with E-state index in [9.17, 15) is 4.79 Å². The van der Waals surface area contributed by atoms with Crippen LogP contribution < -0.4 is 0 Å². The fraction of sp³-hybridized carbons (Fsp3) is 0.200. The zero-order chi connectivity index (χ0) is 11.5. The molecule has 82 valence electrons. The van der Waals surface area contributed by atoms with Gasteiger partial charge in [-0.2, -0.15) is 4.37 Å². The third-order valence-electron chi connectivity index (χ3n) is 1.81. The molecular weight excluding hydrogens is 242 g/mol. The summed E-state index contributed by atoms with van der Waals surface area (Å²) >= 11 is 2.86. The van der Waals surface area contributed by atoms with Crippen molar-refractivity contribution < 1.29 is 4.79 Å². The molecule has 4 nitrogen and oxygen atoms in total. The Bertz CT molecular complexity index is 507. The summed E-state index contributed by atoms with van der Waals surface area (Å²) in [6, 6.07) is 3.59. The number of rotatable bonds is 3. The van der Waals surface area contributed by atoms with Crippen LogP contribution in [0.5, 0.6) is 0 Å². The van der Waals surface area contributed by atoms with Crippen LogP contribution >= 0.6 is 23.3 Å². The van der Waals surface area contributed by atoms with Crippen LogP contribution in [0.25, 0.3) is 0 Å². The smallest absolute Gasteiger partial charge is 0.178 e. The molecule has 0 aromatic carbocycles. The van der Waals surface area contributed by atoms with E-state index >= 15 is 0 Å². The quantitative estimate of drug-likeness (QED) is 0.785. The largest absolute Gasteiger partial charge is 0.293 e. The van der Waals surface area contributed by atoms with Crippen molar-refractivity contribution in [2.75, 3.05) is 0 Å². The number of hydrogen-bond donors (Lipinski definition) is 0. The van der Waals surface area contributed by atoms with Gasteiger partial charge in [-0.1, -0.05) is 11.8 Å². The van der Waals surface area contributed by atoms with E-state index in [-0.39, 0.29) is 5.78 Å². The summed E-state index contributed by atoms with van der Waals surface area (Å²) in [5.41, 5.74) is 0.484. The van der Waals surface area contributed by atoms with E-state index in [0.29, 0.717) is 5.69 Å². The van der Waals surface area contributed by atoms with E-state index < -0.39 is 0 Å². The first-order chi connectivity index (χ1) is 7.65. The molecule has 2 aromatic rings. The summed E-state index contributed by atoms with van der Waals surface area (Å²) in [5, 5.41) is 0. The lowest BCUT2D eigenvalue weighted by Crippen LogP contribution is -1.95. The number of carbonyl (C=O) groups excluding carboxylic acids is 1. The molecule has 16 heavy (non-hydrogen) atoms. The van der Waals surface area contributed by atoms with Crippen molar-refractivity contribution >= 4 is 29.1 Å². The van der Waals surface area contributed by atoms with Gasteiger partial charge in [0.1, 0.15) is 11.5 Å². The second-order valence-electron chi connectivity index (χ2n) is 3.14. The van der Waals surface area contributed by atoms with E-state index in [0.717, 1.165) is 15.1 Å². The van der Waals surface area contributed by atoms with Gasteiger partial charge in [0, 0.05) is 18.0 Å². The Morgan fingerprint density at radius 2 is 2.25 bits per heavy atom. The van der Waals surface area contributed by atoms with Crippen LogP contribution in [0, 0.1) is 6.92 Å². The molecule has 0 saturated heterocycles. The Kier molecular flexibility index (Phi) is 3.31. The molecule has 6 heteroatoms. The molecule has 0 aliphatic carbocycles. The highest BCUT2D eigenvalue weighted by Crippen LogP contribution is 2.28. The first-order valence-corrected chi connectivity index (χ1v) is 6.19. The summed E-state index contributed by atoms with van der Waals surface area (Å²) in [6.07, 6.45) is 1.68. The van der Waals surface area contributed by atoms with Crippen molar-refractivity contribution in [3.05, 3.63) is 29.8 Å². The fourth-order valence-corrected chi connectivity index (χ4v) is 2.66. The molecule has 0 unspecified atom stereocenters. The number of carbonyl (C=O) groups is 1. The number of Topliss-reactive ketones (excluding diaryl/α,β-unsaturated/α-hetero) is 1. The molecule has 2 rings (SSSR count). The van der Waals surface area contributed by atoms with Gasteiger partial charge in [0.15, 0.2) is 10.1 Å². The molecule has 2 heterocycles. The molecule has 0 fully saturated rings. The predicted octanol–water partition coefficient (Wildman–Crippen LogP) is 2.60. The van der Waals surface area contributed by atoms with Gasteiger partial charge in [-0.3, -0.25) is 9.78 Å². The molecule has 2 aromatic heterocycles. The zero-order valence-corrected chi connectivity index (χ0v) is 10.4. The van der Waals surface area contributed by atoms with Gasteiger partial charge in [0.2, 0.25) is 0 Å². The Balaban J connectivity index is 2.14. The fourth-order valence-electron chi connectivity index (χ4n) is 1.07. The third kappa shape index (κ3) is 2.65. The lowest BCUT2D eigenvalue weighted by atomic mass is 10.3. The van der Waals surface area contributed by atoms with Crippen LogP contribution in [0.2, 0.25) is 0 Å². The molecule has 0 spiro atoms. The van der Waals surface area contributed by atoms with E-state index in [2.05, 4.69) is 14.3 Å². The van der Waals surface area contributed by atoms with Crippen molar-refractivity contribution in [3.8, 4) is 0 Å². The molecule has 0 amide bonds. The predicted molar refractivity (Wildman–Crippen MR) is 63.0 cm³/mol. The van der Waals surface area contributed by atoms with Crippen LogP contribution in [0.3, 0.4) is 0 Å². The second-order valence-corrected chi connectivity index (χ2v) is 5.22. The van der Waals surface area contributed by atoms with Gasteiger partial charge in [-0.25, -0.2) is 4.98 Å². The normalized spacial score (nSPS) is 10.4. The van der Waals surface area contributed by atoms with E-state index in [1.165, 1.54) is 30.2 Å². The summed E-state index contributed by atoms with van der Waals surface area (Å²) in [7, 11) is 0. The molecule has 0 bridgehead atoms. The highest BCUT2D eigenvalue weighted by Gasteiger charge is 2.05. The third-order valence-corrected chi connectivity index (χ3v) is 3.63. The highest BCUT2D eigenvalue weighted by atomic mass is 32.2. The monoisotopic (exact) mass is 251 g/mol. The van der Waals surface area contributed by atoms with Crippen molar-refractivity contribution in [1.29, 1.82) is 0 Å². The molecule has 0 saturated carbocycles. The summed E-state index contributed by atoms with van der Waals surface area (Å²) < 4.78 is 4.98. The average Bonchev–Trinajstić information content (AvgIpc) is 2.65. The summed E-state index contributed by atoms with van der Waals surface area (Å²) in [6.45, 7) is 3.36. The maximum absolute atomic E-state index is 11.0. The topological polar surface area (TPSA) is 55.7 Å². The number of ketones is 1. The minimum absolute atomic E-state index is 0.0247. The Morgan fingerprint density at radius 1 is 1.44 bits per heavy atom. The standard InChI is InChI=1S/C10H9N3OS2/c1-6(14)9-4-3-8(5-11-9)15-10-12-7(2)13-16-10/h3-5H,1-2H3. The Morgan fingerprint density at radius 3 is 2.75 bits per heavy atom. The molecule has 0 radical (unpaired) electrons. The summed E-state index contributed by atoms with van der Waals surface area (Å²) in [5.74, 6) is 0.754. The second kappa shape index (κ2) is 4.71. The van der Waals surface area contributed by atoms with Crippen LogP contribution in [0.4, 0.5) is 0 Å². The van der Waals surface area contributed by atoms with Crippen molar-refractivity contribution in [2.45, 2.75) is 23.1 Å². The van der Waals surface area contributed by atoms with E-state index in [1.54, 1.807) is 12.3 Å². The highest BCUT2D eigenvalue weighted by molar-refractivity contribution is 8.01. The van der Waals surface area contributed by atoms with Crippen molar-refractivity contribution in [1.82, 2.24) is 14.3 Å². The van der Waals surface area contributed by atoms with Crippen LogP contribution in [0.1, 0.15) is 23.2 Å². The van der Waals surface area contributed by atoms with Crippen LogP contribution in [-0.2, 0) is 0 Å². The van der Waals surface area contributed by atoms with Crippen LogP contribution in [0.15, 0.2) is 27.6 Å². The van der Waals surface area contributed by atoms with Gasteiger partial charge in [-0.15, -0.1) is 0 Å². The molecule has 0 aliphatic rings. The number of pyridine rings is 1. The SMILES string of the molecule is CC(=O)c1ccc(Sc2nc(C)ns2)cn1. The molecular formula is C10H9N3OS2. The Hall–Kier alpha value is -1.27. The molecule has 0 aliphatic heterocycles. The van der Waals surface area contributed by atoms with Crippen LogP contribution in [-0.4, -0.2) is 20.1 Å². The van der Waals surface area contributed by atoms with Gasteiger partial charge >= 0.3 is 0 Å². The first kappa shape index (κ1) is 11.2. The number of nitrogens with zero attached hydrogens (tertiary/aromatic N) is 3. The minimum atomic E-state index is -0.0247. The lowest BCUT2D eigenvalue weighted by molar-refractivity contribution is 0.101. The first-order valence-electron chi connectivity index (χ1n) is 4.60. The van der Waals surface area contributed by atoms with Gasteiger partial charge in [0.05, 0.1) is 0 Å². The van der Waals surface area contributed by atoms with E-state index in [4.69, 9.17) is 0 Å². The maximum Gasteiger partial charge on any atom is 0.178 e. The van der Waals surface area contributed by atoms with Gasteiger partial charge < -0.3 is 0 Å². The van der Waals surface area contributed by atoms with Crippen molar-refractivity contribution in [3.63, 3.8) is 0 Å². The maximum atomic E-state index is 11.0. The average molecular weight is 251 g/mol. The minimum Gasteiger partial charge on any atom is -0.293 e. The number of hydrogen-bond acceptors (Lipinski definition) is 6. The molecule has 0 N–H and O–H groups in total. The summed E-state index contributed by atoms with van der Waals surface area (Å²) in [4.78, 5) is 20.3. The zero-order valence-electron chi connectivity index (χ0n) is 8.80. The van der Waals surface area contributed by atoms with Gasteiger partial charge in [0.25, 0.3) is 0 Å². The number of aryl methyl sites for hydroxylation is 1. The number of aromatic nitrogens is 3. The van der Waals surface area contributed by atoms with E-state index in [1.807, 2.05) is 13.0 Å². The molecule has 0 atom stereocenters. The van der Waals surface area contributed by atoms with Gasteiger partial charge in [-0.05, 0) is 30.6 Å². The Labute approximate surface area is 101 Å². The van der Waals surface area contributed by atoms with Crippen molar-refractivity contribution in [2.24, 2.45) is 0 Å². The lowest BCUT2D eigenvalue weighted by Gasteiger charge is -1.97.